The fourth-order valence-corrected chi connectivity index (χ4v) is 0.651. The van der Waals surface area contributed by atoms with E-state index in [1.165, 1.54) is 0 Å². The van der Waals surface area contributed by atoms with Crippen LogP contribution in [0.25, 0.3) is 0 Å². The van der Waals surface area contributed by atoms with Crippen LogP contribution >= 0.6 is 0 Å². The molecule has 0 aromatic carbocycles. The second-order valence-corrected chi connectivity index (χ2v) is 2.51. The fourth-order valence-electron chi connectivity index (χ4n) is 0.651. The van der Waals surface area contributed by atoms with E-state index >= 15 is 0 Å². The summed E-state index contributed by atoms with van der Waals surface area (Å²) >= 11 is 0. The molecule has 54 valence electrons. The third kappa shape index (κ3) is 0.933. The third-order valence-corrected chi connectivity index (χ3v) is 1.51. The van der Waals surface area contributed by atoms with Gasteiger partial charge in [0, 0.05) is 0 Å². The SMILES string of the molecule is CC1(F)COCC1(O)O. The Labute approximate surface area is 52.1 Å². The Kier molecular flexibility index (Phi) is 1.27. The lowest BCUT2D eigenvalue weighted by Gasteiger charge is -2.23. The second-order valence-electron chi connectivity index (χ2n) is 2.51. The zero-order chi connectivity index (χ0) is 7.12. The zero-order valence-electron chi connectivity index (χ0n) is 5.09. The number of halogens is 1. The summed E-state index contributed by atoms with van der Waals surface area (Å²) in [6.07, 6.45) is 0. The maximum absolute atomic E-state index is 12.8. The van der Waals surface area contributed by atoms with Crippen LogP contribution in [0.1, 0.15) is 6.92 Å². The van der Waals surface area contributed by atoms with E-state index in [0.29, 0.717) is 0 Å². The van der Waals surface area contributed by atoms with Crippen LogP contribution in [-0.2, 0) is 4.74 Å². The standard InChI is InChI=1S/C5H9FO3/c1-4(6)2-9-3-5(4,7)8/h7-8H,2-3H2,1H3. The van der Waals surface area contributed by atoms with Crippen molar-refractivity contribution in [2.75, 3.05) is 13.2 Å². The number of alkyl halides is 1. The van der Waals surface area contributed by atoms with Crippen molar-refractivity contribution >= 4 is 0 Å². The number of hydrogen-bond acceptors (Lipinski definition) is 3. The largest absolute Gasteiger partial charge is 0.372 e. The van der Waals surface area contributed by atoms with E-state index in [-0.39, 0.29) is 13.2 Å². The number of rotatable bonds is 0. The lowest BCUT2D eigenvalue weighted by Crippen LogP contribution is -2.47. The van der Waals surface area contributed by atoms with Crippen LogP contribution in [-0.4, -0.2) is 34.9 Å². The Morgan fingerprint density at radius 2 is 2.00 bits per heavy atom. The molecule has 1 fully saturated rings. The predicted molar refractivity (Wildman–Crippen MR) is 27.5 cm³/mol. The minimum Gasteiger partial charge on any atom is -0.372 e. The summed E-state index contributed by atoms with van der Waals surface area (Å²) in [5.74, 6) is -2.30. The highest BCUT2D eigenvalue weighted by molar-refractivity contribution is 4.93. The zero-order valence-corrected chi connectivity index (χ0v) is 5.09. The molecular weight excluding hydrogens is 127 g/mol. The van der Waals surface area contributed by atoms with Gasteiger partial charge in [-0.15, -0.1) is 0 Å². The van der Waals surface area contributed by atoms with E-state index in [4.69, 9.17) is 10.2 Å². The van der Waals surface area contributed by atoms with Gasteiger partial charge in [-0.25, -0.2) is 4.39 Å². The number of hydrogen-bond donors (Lipinski definition) is 2. The molecule has 2 N–H and O–H groups in total. The van der Waals surface area contributed by atoms with Crippen LogP contribution in [0.2, 0.25) is 0 Å². The molecule has 0 amide bonds. The van der Waals surface area contributed by atoms with Gasteiger partial charge in [0.2, 0.25) is 5.79 Å². The molecule has 1 atom stereocenters. The molecule has 0 aromatic heterocycles. The Balaban J connectivity index is 2.75. The lowest BCUT2D eigenvalue weighted by molar-refractivity contribution is -0.217. The van der Waals surface area contributed by atoms with Crippen molar-refractivity contribution in [1.82, 2.24) is 0 Å². The molecule has 1 saturated heterocycles. The molecule has 0 spiro atoms. The van der Waals surface area contributed by atoms with Crippen LogP contribution in [0.4, 0.5) is 4.39 Å². The molecule has 1 aliphatic heterocycles. The lowest BCUT2D eigenvalue weighted by atomic mass is 10.0. The number of aliphatic hydroxyl groups is 2. The Morgan fingerprint density at radius 1 is 1.44 bits per heavy atom. The summed E-state index contributed by atoms with van der Waals surface area (Å²) in [6.45, 7) is 0.500. The summed E-state index contributed by atoms with van der Waals surface area (Å²) < 4.78 is 17.3. The first-order valence-corrected chi connectivity index (χ1v) is 2.67. The van der Waals surface area contributed by atoms with E-state index in [0.717, 1.165) is 6.92 Å². The molecule has 0 bridgehead atoms. The van der Waals surface area contributed by atoms with Crippen molar-refractivity contribution in [1.29, 1.82) is 0 Å². The van der Waals surface area contributed by atoms with Crippen LogP contribution in [0.5, 0.6) is 0 Å². The topological polar surface area (TPSA) is 49.7 Å². The van der Waals surface area contributed by atoms with Crippen molar-refractivity contribution in [3.63, 3.8) is 0 Å². The van der Waals surface area contributed by atoms with Crippen molar-refractivity contribution in [2.24, 2.45) is 0 Å². The van der Waals surface area contributed by atoms with Crippen molar-refractivity contribution < 1.29 is 19.3 Å². The summed E-state index contributed by atoms with van der Waals surface area (Å²) in [7, 11) is 0. The van der Waals surface area contributed by atoms with Crippen molar-refractivity contribution in [3.8, 4) is 0 Å². The Hall–Kier alpha value is -0.190. The molecular formula is C5H9FO3. The molecule has 1 unspecified atom stereocenters. The van der Waals surface area contributed by atoms with Gasteiger partial charge >= 0.3 is 0 Å². The Morgan fingerprint density at radius 3 is 2.11 bits per heavy atom. The first-order valence-electron chi connectivity index (χ1n) is 2.67. The van der Waals surface area contributed by atoms with E-state index in [9.17, 15) is 4.39 Å². The summed E-state index contributed by atoms with van der Waals surface area (Å²) in [5, 5.41) is 17.6. The van der Waals surface area contributed by atoms with Gasteiger partial charge in [0.05, 0.1) is 6.61 Å². The quantitative estimate of drug-likeness (QED) is 0.438. The van der Waals surface area contributed by atoms with Gasteiger partial charge in [0.1, 0.15) is 6.61 Å². The highest BCUT2D eigenvalue weighted by atomic mass is 19.1. The highest BCUT2D eigenvalue weighted by Gasteiger charge is 2.52. The average Bonchev–Trinajstić information content (AvgIpc) is 1.81. The molecule has 4 heteroatoms. The summed E-state index contributed by atoms with van der Waals surface area (Å²) in [6, 6.07) is 0. The van der Waals surface area contributed by atoms with Crippen LogP contribution in [0.3, 0.4) is 0 Å². The highest BCUT2D eigenvalue weighted by Crippen LogP contribution is 2.30. The van der Waals surface area contributed by atoms with Crippen molar-refractivity contribution in [2.45, 2.75) is 18.4 Å². The second kappa shape index (κ2) is 1.65. The van der Waals surface area contributed by atoms with E-state index in [2.05, 4.69) is 4.74 Å². The first-order chi connectivity index (χ1) is 3.96. The summed E-state index contributed by atoms with van der Waals surface area (Å²) in [4.78, 5) is 0. The molecule has 9 heavy (non-hydrogen) atoms. The first kappa shape index (κ1) is 6.92. The minimum atomic E-state index is -2.30. The predicted octanol–water partition coefficient (Wildman–Crippen LogP) is -0.574. The van der Waals surface area contributed by atoms with Gasteiger partial charge in [-0.1, -0.05) is 0 Å². The van der Waals surface area contributed by atoms with Gasteiger partial charge in [0.15, 0.2) is 5.67 Å². The van der Waals surface area contributed by atoms with E-state index in [1.54, 1.807) is 0 Å². The van der Waals surface area contributed by atoms with Gasteiger partial charge in [0.25, 0.3) is 0 Å². The molecule has 1 aliphatic rings. The van der Waals surface area contributed by atoms with Gasteiger partial charge in [-0.05, 0) is 6.92 Å². The fraction of sp³-hybridized carbons (Fsp3) is 1.00. The molecule has 0 aliphatic carbocycles. The monoisotopic (exact) mass is 136 g/mol. The summed E-state index contributed by atoms with van der Waals surface area (Å²) in [5.41, 5.74) is -2.02. The van der Waals surface area contributed by atoms with Crippen LogP contribution in [0.15, 0.2) is 0 Å². The molecule has 0 saturated carbocycles. The van der Waals surface area contributed by atoms with Gasteiger partial charge in [-0.3, -0.25) is 0 Å². The minimum absolute atomic E-state index is 0.250. The van der Waals surface area contributed by atoms with Gasteiger partial charge < -0.3 is 14.9 Å². The normalized spacial score (nSPS) is 41.3. The van der Waals surface area contributed by atoms with Gasteiger partial charge in [-0.2, -0.15) is 0 Å². The number of ether oxygens (including phenoxy) is 1. The molecule has 1 rings (SSSR count). The molecule has 1 heterocycles. The Bertz CT molecular complexity index is 107. The van der Waals surface area contributed by atoms with E-state index in [1.807, 2.05) is 0 Å². The van der Waals surface area contributed by atoms with Crippen LogP contribution in [0, 0.1) is 0 Å². The third-order valence-electron chi connectivity index (χ3n) is 1.51. The maximum Gasteiger partial charge on any atom is 0.224 e. The van der Waals surface area contributed by atoms with E-state index < -0.39 is 11.5 Å². The van der Waals surface area contributed by atoms with Crippen molar-refractivity contribution in [3.05, 3.63) is 0 Å². The van der Waals surface area contributed by atoms with Crippen LogP contribution < -0.4 is 0 Å². The smallest absolute Gasteiger partial charge is 0.224 e. The molecule has 3 nitrogen and oxygen atoms in total. The molecule has 0 radical (unpaired) electrons. The maximum atomic E-state index is 12.8. The average molecular weight is 136 g/mol. The molecule has 0 aromatic rings.